The summed E-state index contributed by atoms with van der Waals surface area (Å²) in [6, 6.07) is 6.53. The van der Waals surface area contributed by atoms with Gasteiger partial charge in [0.2, 0.25) is 0 Å². The Morgan fingerprint density at radius 3 is 2.57 bits per heavy atom. The van der Waals surface area contributed by atoms with Crippen LogP contribution in [0.2, 0.25) is 0 Å². The molecule has 0 aromatic heterocycles. The Balaban J connectivity index is 2.79. The van der Waals surface area contributed by atoms with Crippen molar-refractivity contribution in [2.45, 2.75) is 33.6 Å². The van der Waals surface area contributed by atoms with Gasteiger partial charge in [0.25, 0.3) is 0 Å². The Labute approximate surface area is 86.8 Å². The van der Waals surface area contributed by atoms with Crippen LogP contribution in [0, 0.1) is 19.8 Å². The molecule has 78 valence electrons. The number of rotatable bonds is 4. The molecule has 0 saturated heterocycles. The molecule has 1 atom stereocenters. The van der Waals surface area contributed by atoms with Crippen molar-refractivity contribution in [3.63, 3.8) is 0 Å². The molecular formula is C13H20O. The van der Waals surface area contributed by atoms with Crippen LogP contribution in [0.15, 0.2) is 18.2 Å². The monoisotopic (exact) mass is 192 g/mol. The highest BCUT2D eigenvalue weighted by Gasteiger charge is 2.07. The van der Waals surface area contributed by atoms with E-state index >= 15 is 0 Å². The molecule has 0 saturated carbocycles. The Hall–Kier alpha value is -0.820. The van der Waals surface area contributed by atoms with E-state index in [0.29, 0.717) is 12.5 Å². The first kappa shape index (κ1) is 11.3. The van der Waals surface area contributed by atoms with Gasteiger partial charge in [-0.1, -0.05) is 37.1 Å². The fraction of sp³-hybridized carbons (Fsp3) is 0.538. The summed E-state index contributed by atoms with van der Waals surface area (Å²) in [5.41, 5.74) is 4.02. The summed E-state index contributed by atoms with van der Waals surface area (Å²) in [4.78, 5) is 0. The van der Waals surface area contributed by atoms with Crippen molar-refractivity contribution in [2.24, 2.45) is 5.92 Å². The van der Waals surface area contributed by atoms with Gasteiger partial charge in [-0.15, -0.1) is 0 Å². The first-order valence-electron chi connectivity index (χ1n) is 5.34. The van der Waals surface area contributed by atoms with E-state index in [1.165, 1.54) is 16.7 Å². The first-order chi connectivity index (χ1) is 6.67. The van der Waals surface area contributed by atoms with E-state index < -0.39 is 0 Å². The van der Waals surface area contributed by atoms with Gasteiger partial charge in [0, 0.05) is 6.61 Å². The molecule has 0 aliphatic heterocycles. The van der Waals surface area contributed by atoms with E-state index in [-0.39, 0.29) is 0 Å². The fourth-order valence-corrected chi connectivity index (χ4v) is 1.67. The summed E-state index contributed by atoms with van der Waals surface area (Å²) in [6.07, 6.45) is 2.05. The van der Waals surface area contributed by atoms with Gasteiger partial charge in [0.15, 0.2) is 0 Å². The van der Waals surface area contributed by atoms with Crippen molar-refractivity contribution >= 4 is 0 Å². The van der Waals surface area contributed by atoms with E-state index in [9.17, 15) is 0 Å². The van der Waals surface area contributed by atoms with Crippen LogP contribution in [0.5, 0.6) is 0 Å². The summed E-state index contributed by atoms with van der Waals surface area (Å²) < 4.78 is 0. The van der Waals surface area contributed by atoms with Gasteiger partial charge in [-0.2, -0.15) is 0 Å². The molecule has 0 spiro atoms. The van der Waals surface area contributed by atoms with Crippen molar-refractivity contribution in [2.75, 3.05) is 6.61 Å². The number of aryl methyl sites for hydroxylation is 2. The van der Waals surface area contributed by atoms with Crippen LogP contribution in [0.1, 0.15) is 30.0 Å². The standard InChI is InChI=1S/C13H20O/c1-4-12(9-14)8-13-7-10(2)5-6-11(13)3/h5-7,12,14H,4,8-9H2,1-3H3. The minimum absolute atomic E-state index is 0.296. The Morgan fingerprint density at radius 2 is 2.00 bits per heavy atom. The molecule has 0 aliphatic rings. The average Bonchev–Trinajstić information content (AvgIpc) is 2.19. The van der Waals surface area contributed by atoms with Gasteiger partial charge in [-0.3, -0.25) is 0 Å². The second-order valence-corrected chi connectivity index (χ2v) is 4.09. The van der Waals surface area contributed by atoms with Gasteiger partial charge in [-0.05, 0) is 37.3 Å². The molecule has 1 aromatic rings. The van der Waals surface area contributed by atoms with Crippen molar-refractivity contribution in [1.82, 2.24) is 0 Å². The highest BCUT2D eigenvalue weighted by molar-refractivity contribution is 5.30. The number of aliphatic hydroxyl groups excluding tert-OH is 1. The molecule has 1 heteroatoms. The lowest BCUT2D eigenvalue weighted by Crippen LogP contribution is -2.09. The Bertz CT molecular complexity index is 287. The van der Waals surface area contributed by atoms with Crippen molar-refractivity contribution in [1.29, 1.82) is 0 Å². The average molecular weight is 192 g/mol. The summed E-state index contributed by atoms with van der Waals surface area (Å²) in [7, 11) is 0. The Morgan fingerprint density at radius 1 is 1.29 bits per heavy atom. The quantitative estimate of drug-likeness (QED) is 0.777. The predicted molar refractivity (Wildman–Crippen MR) is 60.5 cm³/mol. The maximum Gasteiger partial charge on any atom is 0.0462 e. The van der Waals surface area contributed by atoms with E-state index in [4.69, 9.17) is 5.11 Å². The molecule has 0 bridgehead atoms. The topological polar surface area (TPSA) is 20.2 Å². The summed E-state index contributed by atoms with van der Waals surface area (Å²) in [5, 5.41) is 9.15. The van der Waals surface area contributed by atoms with Crippen molar-refractivity contribution in [3.8, 4) is 0 Å². The molecule has 1 nitrogen and oxygen atoms in total. The fourth-order valence-electron chi connectivity index (χ4n) is 1.67. The molecule has 14 heavy (non-hydrogen) atoms. The summed E-state index contributed by atoms with van der Waals surface area (Å²) >= 11 is 0. The molecule has 0 radical (unpaired) electrons. The van der Waals surface area contributed by atoms with Gasteiger partial charge in [0.1, 0.15) is 0 Å². The van der Waals surface area contributed by atoms with E-state index in [1.54, 1.807) is 0 Å². The van der Waals surface area contributed by atoms with Crippen LogP contribution in [-0.2, 0) is 6.42 Å². The third kappa shape index (κ3) is 2.85. The van der Waals surface area contributed by atoms with Gasteiger partial charge >= 0.3 is 0 Å². The highest BCUT2D eigenvalue weighted by Crippen LogP contribution is 2.16. The lowest BCUT2D eigenvalue weighted by Gasteiger charge is -2.13. The minimum atomic E-state index is 0.296. The zero-order valence-electron chi connectivity index (χ0n) is 9.38. The number of hydrogen-bond donors (Lipinski definition) is 1. The van der Waals surface area contributed by atoms with Gasteiger partial charge < -0.3 is 5.11 Å². The lowest BCUT2D eigenvalue weighted by molar-refractivity contribution is 0.222. The summed E-state index contributed by atoms with van der Waals surface area (Å²) in [6.45, 7) is 6.68. The van der Waals surface area contributed by atoms with Crippen LogP contribution >= 0.6 is 0 Å². The third-order valence-corrected chi connectivity index (χ3v) is 2.85. The lowest BCUT2D eigenvalue weighted by atomic mass is 9.94. The summed E-state index contributed by atoms with van der Waals surface area (Å²) in [5.74, 6) is 0.412. The van der Waals surface area contributed by atoms with E-state index in [1.807, 2.05) is 0 Å². The van der Waals surface area contributed by atoms with Crippen LogP contribution in [0.25, 0.3) is 0 Å². The SMILES string of the molecule is CCC(CO)Cc1cc(C)ccc1C. The molecule has 0 heterocycles. The molecular weight excluding hydrogens is 172 g/mol. The molecule has 1 aromatic carbocycles. The molecule has 1 rings (SSSR count). The zero-order valence-corrected chi connectivity index (χ0v) is 9.38. The maximum atomic E-state index is 9.15. The molecule has 0 fully saturated rings. The normalized spacial score (nSPS) is 12.9. The number of aliphatic hydroxyl groups is 1. The van der Waals surface area contributed by atoms with Crippen molar-refractivity contribution < 1.29 is 5.11 Å². The van der Waals surface area contributed by atoms with E-state index in [2.05, 4.69) is 39.0 Å². The largest absolute Gasteiger partial charge is 0.396 e. The predicted octanol–water partition coefficient (Wildman–Crippen LogP) is 2.86. The number of hydrogen-bond acceptors (Lipinski definition) is 1. The maximum absolute atomic E-state index is 9.15. The molecule has 0 aliphatic carbocycles. The zero-order chi connectivity index (χ0) is 10.6. The third-order valence-electron chi connectivity index (χ3n) is 2.85. The minimum Gasteiger partial charge on any atom is -0.396 e. The first-order valence-corrected chi connectivity index (χ1v) is 5.34. The molecule has 1 N–H and O–H groups in total. The molecule has 0 amide bonds. The van der Waals surface area contributed by atoms with Crippen molar-refractivity contribution in [3.05, 3.63) is 34.9 Å². The highest BCUT2D eigenvalue weighted by atomic mass is 16.3. The van der Waals surface area contributed by atoms with Crippen LogP contribution in [-0.4, -0.2) is 11.7 Å². The van der Waals surface area contributed by atoms with Crippen LogP contribution in [0.3, 0.4) is 0 Å². The van der Waals surface area contributed by atoms with Crippen LogP contribution in [0.4, 0.5) is 0 Å². The smallest absolute Gasteiger partial charge is 0.0462 e. The Kier molecular flexibility index (Phi) is 4.15. The molecule has 1 unspecified atom stereocenters. The van der Waals surface area contributed by atoms with Gasteiger partial charge in [-0.25, -0.2) is 0 Å². The number of benzene rings is 1. The van der Waals surface area contributed by atoms with Crippen LogP contribution < -0.4 is 0 Å². The second kappa shape index (κ2) is 5.16. The van der Waals surface area contributed by atoms with E-state index in [0.717, 1.165) is 12.8 Å². The van der Waals surface area contributed by atoms with Gasteiger partial charge in [0.05, 0.1) is 0 Å². The second-order valence-electron chi connectivity index (χ2n) is 4.09.